The molecule has 4 heteroatoms. The minimum absolute atomic E-state index is 0.166. The summed E-state index contributed by atoms with van der Waals surface area (Å²) in [5, 5.41) is 6.90. The normalized spacial score (nSPS) is 32.0. The summed E-state index contributed by atoms with van der Waals surface area (Å²) in [5.74, 6) is 0. The third-order valence-corrected chi connectivity index (χ3v) is 1.47. The van der Waals surface area contributed by atoms with Gasteiger partial charge in [0.2, 0.25) is 0 Å². The molecule has 2 rings (SSSR count). The highest BCUT2D eigenvalue weighted by Crippen LogP contribution is 2.03. The number of hydrogen-bond donors (Lipinski definition) is 2. The summed E-state index contributed by atoms with van der Waals surface area (Å²) in [7, 11) is 0. The van der Waals surface area contributed by atoms with Crippen LogP contribution in [0, 0.1) is 6.54 Å². The molecule has 48 valence electrons. The second kappa shape index (κ2) is 1.88. The molecule has 0 spiro atoms. The molecule has 1 unspecified atom stereocenters. The Bertz CT molecular complexity index is 133. The van der Waals surface area contributed by atoms with E-state index in [2.05, 4.69) is 27.3 Å². The van der Waals surface area contributed by atoms with Gasteiger partial charge in [-0.25, -0.2) is 0 Å². The number of nitrogens with zero attached hydrogens (tertiary/aromatic N) is 2. The van der Waals surface area contributed by atoms with E-state index < -0.39 is 0 Å². The van der Waals surface area contributed by atoms with E-state index in [-0.39, 0.29) is 6.17 Å². The van der Waals surface area contributed by atoms with Crippen molar-refractivity contribution >= 4 is 6.34 Å². The molecule has 0 aliphatic carbocycles. The maximum absolute atomic E-state index is 3.88. The lowest BCUT2D eigenvalue weighted by Gasteiger charge is -2.27. The van der Waals surface area contributed by atoms with Gasteiger partial charge in [0.15, 0.2) is 0 Å². The maximum Gasteiger partial charge on any atom is 0.138 e. The molecule has 2 N–H and O–H groups in total. The Morgan fingerprint density at radius 1 is 1.78 bits per heavy atom. The number of piperazine rings is 1. The molecule has 0 saturated carbocycles. The van der Waals surface area contributed by atoms with E-state index in [1.54, 1.807) is 6.34 Å². The molecular weight excluding hydrogens is 116 g/mol. The molecule has 9 heavy (non-hydrogen) atoms. The van der Waals surface area contributed by atoms with Crippen LogP contribution in [0.5, 0.6) is 0 Å². The Labute approximate surface area is 53.9 Å². The third kappa shape index (κ3) is 0.751. The number of rotatable bonds is 0. The van der Waals surface area contributed by atoms with Crippen molar-refractivity contribution in [2.45, 2.75) is 6.17 Å². The average Bonchev–Trinajstić information content (AvgIpc) is 2.33. The lowest BCUT2D eigenvalue weighted by atomic mass is 10.3. The number of fused-ring (bicyclic) bond motifs is 1. The van der Waals surface area contributed by atoms with E-state index in [4.69, 9.17) is 0 Å². The van der Waals surface area contributed by atoms with Crippen LogP contribution in [0.2, 0.25) is 0 Å². The number of hydrogen-bond acceptors (Lipinski definition) is 4. The van der Waals surface area contributed by atoms with E-state index >= 15 is 0 Å². The van der Waals surface area contributed by atoms with Gasteiger partial charge >= 0.3 is 0 Å². The quantitative estimate of drug-likeness (QED) is 0.426. The topological polar surface area (TPSA) is 39.7 Å². The fourth-order valence-electron chi connectivity index (χ4n) is 0.975. The molecule has 0 amide bonds. The molecule has 1 fully saturated rings. The van der Waals surface area contributed by atoms with Crippen molar-refractivity contribution in [3.05, 3.63) is 6.54 Å². The number of hydrazone groups is 1. The molecule has 2 radical (unpaired) electrons. The maximum atomic E-state index is 3.88. The van der Waals surface area contributed by atoms with E-state index in [0.29, 0.717) is 0 Å². The van der Waals surface area contributed by atoms with Crippen molar-refractivity contribution in [2.75, 3.05) is 13.1 Å². The minimum Gasteiger partial charge on any atom is -0.337 e. The molecule has 2 heterocycles. The SMILES string of the molecule is [C]1NCCN2C=NNC12. The summed E-state index contributed by atoms with van der Waals surface area (Å²) in [4.78, 5) is 2.09. The molecular formula is C5H8N4. The molecule has 0 aromatic rings. The van der Waals surface area contributed by atoms with Crippen molar-refractivity contribution < 1.29 is 0 Å². The van der Waals surface area contributed by atoms with Gasteiger partial charge in [-0.1, -0.05) is 0 Å². The van der Waals surface area contributed by atoms with Crippen LogP contribution in [0.15, 0.2) is 5.10 Å². The summed E-state index contributed by atoms with van der Waals surface area (Å²) in [6, 6.07) is 0. The zero-order valence-corrected chi connectivity index (χ0v) is 4.96. The summed E-state index contributed by atoms with van der Waals surface area (Å²) >= 11 is 0. The lowest BCUT2D eigenvalue weighted by molar-refractivity contribution is 0.291. The summed E-state index contributed by atoms with van der Waals surface area (Å²) in [6.07, 6.45) is 1.97. The molecule has 1 saturated heterocycles. The van der Waals surface area contributed by atoms with Crippen LogP contribution in [-0.2, 0) is 0 Å². The van der Waals surface area contributed by atoms with Crippen molar-refractivity contribution in [2.24, 2.45) is 5.10 Å². The van der Waals surface area contributed by atoms with Crippen molar-refractivity contribution in [3.63, 3.8) is 0 Å². The smallest absolute Gasteiger partial charge is 0.138 e. The Morgan fingerprint density at radius 2 is 2.78 bits per heavy atom. The fraction of sp³-hybridized carbons (Fsp3) is 0.600. The van der Waals surface area contributed by atoms with Gasteiger partial charge in [-0.2, -0.15) is 5.10 Å². The highest BCUT2D eigenvalue weighted by Gasteiger charge is 2.22. The average molecular weight is 124 g/mol. The fourth-order valence-corrected chi connectivity index (χ4v) is 0.975. The molecule has 0 bridgehead atoms. The van der Waals surface area contributed by atoms with Crippen LogP contribution in [0.25, 0.3) is 0 Å². The zero-order chi connectivity index (χ0) is 6.10. The lowest BCUT2D eigenvalue weighted by Crippen LogP contribution is -2.48. The van der Waals surface area contributed by atoms with Crippen LogP contribution in [0.1, 0.15) is 0 Å². The van der Waals surface area contributed by atoms with Crippen LogP contribution < -0.4 is 10.7 Å². The Morgan fingerprint density at radius 3 is 3.67 bits per heavy atom. The van der Waals surface area contributed by atoms with Gasteiger partial charge in [0, 0.05) is 13.1 Å². The first-order chi connectivity index (χ1) is 4.47. The Hall–Kier alpha value is -0.770. The zero-order valence-electron chi connectivity index (χ0n) is 4.96. The van der Waals surface area contributed by atoms with Crippen molar-refractivity contribution in [3.8, 4) is 0 Å². The Balaban J connectivity index is 2.03. The molecule has 2 aliphatic heterocycles. The minimum atomic E-state index is 0.166. The standard InChI is InChI=1S/C5H8N4/c1-2-9-4-7-8-5(9)3-6-1/h4-6,8H,1-2H2. The predicted molar refractivity (Wildman–Crippen MR) is 33.4 cm³/mol. The number of nitrogens with one attached hydrogen (secondary N) is 2. The molecule has 0 aromatic carbocycles. The monoisotopic (exact) mass is 124 g/mol. The van der Waals surface area contributed by atoms with Crippen LogP contribution >= 0.6 is 0 Å². The first kappa shape index (κ1) is 5.05. The van der Waals surface area contributed by atoms with Gasteiger partial charge in [-0.15, -0.1) is 0 Å². The molecule has 2 aliphatic rings. The summed E-state index contributed by atoms with van der Waals surface area (Å²) < 4.78 is 0. The second-order valence-corrected chi connectivity index (χ2v) is 2.09. The van der Waals surface area contributed by atoms with Crippen molar-refractivity contribution in [1.82, 2.24) is 15.6 Å². The van der Waals surface area contributed by atoms with Crippen LogP contribution in [0.4, 0.5) is 0 Å². The molecule has 0 aromatic heterocycles. The Kier molecular flexibility index (Phi) is 1.05. The van der Waals surface area contributed by atoms with Gasteiger partial charge in [0.05, 0.1) is 0 Å². The molecule has 1 atom stereocenters. The highest BCUT2D eigenvalue weighted by atomic mass is 15.5. The first-order valence-corrected chi connectivity index (χ1v) is 3.00. The summed E-state index contributed by atoms with van der Waals surface area (Å²) in [6.45, 7) is 4.99. The van der Waals surface area contributed by atoms with E-state index in [9.17, 15) is 0 Å². The van der Waals surface area contributed by atoms with Crippen LogP contribution in [-0.4, -0.2) is 30.5 Å². The van der Waals surface area contributed by atoms with Gasteiger partial charge in [0.1, 0.15) is 19.0 Å². The summed E-state index contributed by atoms with van der Waals surface area (Å²) in [5.41, 5.74) is 2.88. The second-order valence-electron chi connectivity index (χ2n) is 2.09. The van der Waals surface area contributed by atoms with Gasteiger partial charge < -0.3 is 10.2 Å². The van der Waals surface area contributed by atoms with Crippen molar-refractivity contribution in [1.29, 1.82) is 0 Å². The van der Waals surface area contributed by atoms with Crippen LogP contribution in [0.3, 0.4) is 0 Å². The third-order valence-electron chi connectivity index (χ3n) is 1.47. The van der Waals surface area contributed by atoms with Gasteiger partial charge in [-0.3, -0.25) is 5.43 Å². The van der Waals surface area contributed by atoms with Gasteiger partial charge in [-0.05, 0) is 0 Å². The molecule has 4 nitrogen and oxygen atoms in total. The highest BCUT2D eigenvalue weighted by molar-refractivity contribution is 5.57. The van der Waals surface area contributed by atoms with E-state index in [0.717, 1.165) is 13.1 Å². The first-order valence-electron chi connectivity index (χ1n) is 3.00. The largest absolute Gasteiger partial charge is 0.337 e. The van der Waals surface area contributed by atoms with Gasteiger partial charge in [0.25, 0.3) is 0 Å². The predicted octanol–water partition coefficient (Wildman–Crippen LogP) is -1.20. The van der Waals surface area contributed by atoms with E-state index in [1.165, 1.54) is 0 Å². The van der Waals surface area contributed by atoms with E-state index in [1.807, 2.05) is 0 Å².